The Morgan fingerprint density at radius 3 is 2.27 bits per heavy atom. The van der Waals surface area contributed by atoms with E-state index in [1.807, 2.05) is 26.0 Å². The first kappa shape index (κ1) is 16.0. The number of amides is 1. The Bertz CT molecular complexity index is 676. The van der Waals surface area contributed by atoms with Crippen molar-refractivity contribution in [3.8, 4) is 5.75 Å². The first-order chi connectivity index (χ1) is 10.4. The van der Waals surface area contributed by atoms with Crippen molar-refractivity contribution in [2.24, 2.45) is 5.73 Å². The number of ether oxygens (including phenoxy) is 1. The summed E-state index contributed by atoms with van der Waals surface area (Å²) < 4.78 is 5.51. The molecule has 0 saturated carbocycles. The number of anilines is 1. The Kier molecular flexibility index (Phi) is 5.12. The number of nitrogens with one attached hydrogen (secondary N) is 1. The van der Waals surface area contributed by atoms with Crippen LogP contribution < -0.4 is 15.8 Å². The standard InChI is InChI=1S/C17H18N2O2S/c1-11-7-12(2)9-15(8-11)21-10-16(20)19-14-5-3-13(4-6-14)17(18)22/h3-9H,10H2,1-2H3,(H2,18,22)(H,19,20). The predicted octanol–water partition coefficient (Wildman–Crippen LogP) is 2.96. The third-order valence-electron chi connectivity index (χ3n) is 3.02. The first-order valence-corrected chi connectivity index (χ1v) is 7.25. The summed E-state index contributed by atoms with van der Waals surface area (Å²) in [6.45, 7) is 3.94. The lowest BCUT2D eigenvalue weighted by atomic mass is 10.1. The van der Waals surface area contributed by atoms with Crippen molar-refractivity contribution in [3.05, 3.63) is 59.2 Å². The zero-order valence-corrected chi connectivity index (χ0v) is 13.4. The number of benzene rings is 2. The number of carbonyl (C=O) groups is 1. The van der Waals surface area contributed by atoms with Gasteiger partial charge in [-0.1, -0.05) is 18.3 Å². The van der Waals surface area contributed by atoms with Crippen molar-refractivity contribution in [1.29, 1.82) is 0 Å². The highest BCUT2D eigenvalue weighted by molar-refractivity contribution is 7.80. The molecule has 0 atom stereocenters. The van der Waals surface area contributed by atoms with E-state index in [-0.39, 0.29) is 12.5 Å². The highest BCUT2D eigenvalue weighted by Gasteiger charge is 2.05. The van der Waals surface area contributed by atoms with E-state index in [2.05, 4.69) is 11.4 Å². The maximum absolute atomic E-state index is 11.9. The summed E-state index contributed by atoms with van der Waals surface area (Å²) in [7, 11) is 0. The molecule has 0 aliphatic heterocycles. The van der Waals surface area contributed by atoms with Crippen LogP contribution in [0, 0.1) is 13.8 Å². The molecule has 0 aromatic heterocycles. The first-order valence-electron chi connectivity index (χ1n) is 6.85. The Morgan fingerprint density at radius 1 is 1.14 bits per heavy atom. The predicted molar refractivity (Wildman–Crippen MR) is 92.4 cm³/mol. The third-order valence-corrected chi connectivity index (χ3v) is 3.25. The smallest absolute Gasteiger partial charge is 0.262 e. The summed E-state index contributed by atoms with van der Waals surface area (Å²) in [6.07, 6.45) is 0. The van der Waals surface area contributed by atoms with Crippen LogP contribution in [0.15, 0.2) is 42.5 Å². The molecule has 2 rings (SSSR count). The number of hydrogen-bond acceptors (Lipinski definition) is 3. The second-order valence-electron chi connectivity index (χ2n) is 5.10. The minimum atomic E-state index is -0.220. The van der Waals surface area contributed by atoms with Gasteiger partial charge in [-0.15, -0.1) is 0 Å². The van der Waals surface area contributed by atoms with Crippen LogP contribution in [0.2, 0.25) is 0 Å². The molecule has 5 heteroatoms. The minimum Gasteiger partial charge on any atom is -0.484 e. The fourth-order valence-electron chi connectivity index (χ4n) is 2.08. The quantitative estimate of drug-likeness (QED) is 0.833. The molecule has 2 aromatic rings. The SMILES string of the molecule is Cc1cc(C)cc(OCC(=O)Nc2ccc(C(N)=S)cc2)c1. The Hall–Kier alpha value is -2.40. The summed E-state index contributed by atoms with van der Waals surface area (Å²) in [5, 5.41) is 2.76. The molecule has 0 saturated heterocycles. The normalized spacial score (nSPS) is 10.1. The largest absolute Gasteiger partial charge is 0.484 e. The van der Waals surface area contributed by atoms with Crippen molar-refractivity contribution in [2.75, 3.05) is 11.9 Å². The van der Waals surface area contributed by atoms with Gasteiger partial charge in [-0.25, -0.2) is 0 Å². The molecule has 0 unspecified atom stereocenters. The lowest BCUT2D eigenvalue weighted by Gasteiger charge is -2.09. The molecule has 1 amide bonds. The average molecular weight is 314 g/mol. The van der Waals surface area contributed by atoms with Gasteiger partial charge in [0.25, 0.3) is 5.91 Å². The van der Waals surface area contributed by atoms with E-state index in [9.17, 15) is 4.79 Å². The van der Waals surface area contributed by atoms with Gasteiger partial charge in [-0.2, -0.15) is 0 Å². The van der Waals surface area contributed by atoms with Gasteiger partial charge in [-0.05, 0) is 61.4 Å². The number of aryl methyl sites for hydroxylation is 2. The number of nitrogens with two attached hydrogens (primary N) is 1. The van der Waals surface area contributed by atoms with Crippen LogP contribution >= 0.6 is 12.2 Å². The van der Waals surface area contributed by atoms with E-state index in [0.717, 1.165) is 16.7 Å². The molecule has 0 fully saturated rings. The zero-order chi connectivity index (χ0) is 16.1. The third kappa shape index (κ3) is 4.56. The molecular formula is C17H18N2O2S. The maximum atomic E-state index is 11.9. The van der Waals surface area contributed by atoms with Gasteiger partial charge in [0.15, 0.2) is 6.61 Å². The Balaban J connectivity index is 1.91. The molecule has 22 heavy (non-hydrogen) atoms. The van der Waals surface area contributed by atoms with Gasteiger partial charge >= 0.3 is 0 Å². The van der Waals surface area contributed by atoms with Crippen LogP contribution in [0.3, 0.4) is 0 Å². The Morgan fingerprint density at radius 2 is 1.73 bits per heavy atom. The van der Waals surface area contributed by atoms with E-state index in [1.54, 1.807) is 24.3 Å². The number of rotatable bonds is 5. The highest BCUT2D eigenvalue weighted by Crippen LogP contribution is 2.16. The molecule has 0 aliphatic carbocycles. The maximum Gasteiger partial charge on any atom is 0.262 e. The van der Waals surface area contributed by atoms with Crippen molar-refractivity contribution < 1.29 is 9.53 Å². The fourth-order valence-corrected chi connectivity index (χ4v) is 2.22. The average Bonchev–Trinajstić information content (AvgIpc) is 2.45. The van der Waals surface area contributed by atoms with E-state index in [0.29, 0.717) is 16.4 Å². The van der Waals surface area contributed by atoms with E-state index < -0.39 is 0 Å². The summed E-state index contributed by atoms with van der Waals surface area (Å²) in [5.74, 6) is 0.471. The highest BCUT2D eigenvalue weighted by atomic mass is 32.1. The molecule has 4 nitrogen and oxygen atoms in total. The molecule has 114 valence electrons. The van der Waals surface area contributed by atoms with Crippen molar-refractivity contribution in [3.63, 3.8) is 0 Å². The minimum absolute atomic E-state index is 0.0417. The van der Waals surface area contributed by atoms with Crippen LogP contribution in [0.25, 0.3) is 0 Å². The Labute approximate surface area is 135 Å². The van der Waals surface area contributed by atoms with Gasteiger partial charge in [0, 0.05) is 11.3 Å². The van der Waals surface area contributed by atoms with Crippen molar-refractivity contribution in [1.82, 2.24) is 0 Å². The summed E-state index contributed by atoms with van der Waals surface area (Å²) in [6, 6.07) is 12.9. The van der Waals surface area contributed by atoms with E-state index >= 15 is 0 Å². The van der Waals surface area contributed by atoms with Crippen LogP contribution in [-0.4, -0.2) is 17.5 Å². The lowest BCUT2D eigenvalue weighted by molar-refractivity contribution is -0.118. The second kappa shape index (κ2) is 7.04. The second-order valence-corrected chi connectivity index (χ2v) is 5.54. The van der Waals surface area contributed by atoms with Gasteiger partial charge in [0.1, 0.15) is 10.7 Å². The molecule has 0 radical (unpaired) electrons. The van der Waals surface area contributed by atoms with Crippen LogP contribution in [0.5, 0.6) is 5.75 Å². The molecular weight excluding hydrogens is 296 g/mol. The zero-order valence-electron chi connectivity index (χ0n) is 12.6. The topological polar surface area (TPSA) is 64.3 Å². The summed E-state index contributed by atoms with van der Waals surface area (Å²) in [5.41, 5.74) is 9.17. The monoisotopic (exact) mass is 314 g/mol. The molecule has 2 aromatic carbocycles. The van der Waals surface area contributed by atoms with E-state index in [1.165, 1.54) is 0 Å². The fraction of sp³-hybridized carbons (Fsp3) is 0.176. The van der Waals surface area contributed by atoms with Gasteiger partial charge in [-0.3, -0.25) is 4.79 Å². The molecule has 3 N–H and O–H groups in total. The van der Waals surface area contributed by atoms with Gasteiger partial charge in [0.2, 0.25) is 0 Å². The molecule has 0 heterocycles. The summed E-state index contributed by atoms with van der Waals surface area (Å²) >= 11 is 4.88. The molecule has 0 aliphatic rings. The molecule has 0 bridgehead atoms. The van der Waals surface area contributed by atoms with Crippen molar-refractivity contribution >= 4 is 28.8 Å². The number of carbonyl (C=O) groups excluding carboxylic acids is 1. The van der Waals surface area contributed by atoms with Crippen LogP contribution in [0.1, 0.15) is 16.7 Å². The van der Waals surface area contributed by atoms with Crippen LogP contribution in [-0.2, 0) is 4.79 Å². The molecule has 0 spiro atoms. The van der Waals surface area contributed by atoms with Gasteiger partial charge < -0.3 is 15.8 Å². The summed E-state index contributed by atoms with van der Waals surface area (Å²) in [4.78, 5) is 12.2. The number of hydrogen-bond donors (Lipinski definition) is 2. The van der Waals surface area contributed by atoms with Crippen LogP contribution in [0.4, 0.5) is 5.69 Å². The van der Waals surface area contributed by atoms with Crippen molar-refractivity contribution in [2.45, 2.75) is 13.8 Å². The lowest BCUT2D eigenvalue weighted by Crippen LogP contribution is -2.20. The van der Waals surface area contributed by atoms with Gasteiger partial charge in [0.05, 0.1) is 0 Å². The van der Waals surface area contributed by atoms with E-state index in [4.69, 9.17) is 22.7 Å². The number of thiocarbonyl (C=S) groups is 1.